The summed E-state index contributed by atoms with van der Waals surface area (Å²) < 4.78 is 0.0918. The summed E-state index contributed by atoms with van der Waals surface area (Å²) in [5.41, 5.74) is 4.77. The Morgan fingerprint density at radius 1 is 1.57 bits per heavy atom. The predicted octanol–water partition coefficient (Wildman–Crippen LogP) is 1.64. The molecular weight excluding hydrogens is 256 g/mol. The standard InChI is InChI=1S/C7H5BrN2O4/c8-4-1-3(7(11)12)5(9)2-6(4)10(13)14/h1-2H,9H2,(H,11,12). The molecule has 3 N–H and O–H groups in total. The molecule has 0 heterocycles. The van der Waals surface area contributed by atoms with Gasteiger partial charge in [-0.2, -0.15) is 0 Å². The van der Waals surface area contributed by atoms with Crippen LogP contribution in [0.3, 0.4) is 0 Å². The second kappa shape index (κ2) is 3.62. The van der Waals surface area contributed by atoms with Gasteiger partial charge in [-0.1, -0.05) is 0 Å². The zero-order valence-corrected chi connectivity index (χ0v) is 8.32. The number of rotatable bonds is 2. The van der Waals surface area contributed by atoms with Crippen LogP contribution in [0, 0.1) is 10.1 Å². The Balaban J connectivity index is 3.38. The molecule has 0 aliphatic heterocycles. The van der Waals surface area contributed by atoms with Gasteiger partial charge in [0.05, 0.1) is 20.6 Å². The lowest BCUT2D eigenvalue weighted by molar-refractivity contribution is -0.385. The number of carboxylic acid groups (broad SMARTS) is 1. The van der Waals surface area contributed by atoms with Crippen LogP contribution in [-0.2, 0) is 0 Å². The van der Waals surface area contributed by atoms with E-state index in [1.165, 1.54) is 0 Å². The first kappa shape index (κ1) is 10.5. The van der Waals surface area contributed by atoms with Gasteiger partial charge in [0.2, 0.25) is 0 Å². The summed E-state index contributed by atoms with van der Waals surface area (Å²) in [4.78, 5) is 20.4. The molecule has 0 aromatic heterocycles. The van der Waals surface area contributed by atoms with E-state index >= 15 is 0 Å². The molecule has 14 heavy (non-hydrogen) atoms. The predicted molar refractivity (Wildman–Crippen MR) is 52.2 cm³/mol. The number of nitro benzene ring substituents is 1. The summed E-state index contributed by atoms with van der Waals surface area (Å²) in [6.45, 7) is 0. The number of nitrogen functional groups attached to an aromatic ring is 1. The van der Waals surface area contributed by atoms with Gasteiger partial charge in [0, 0.05) is 6.07 Å². The van der Waals surface area contributed by atoms with Crippen molar-refractivity contribution in [2.24, 2.45) is 0 Å². The molecule has 0 saturated heterocycles. The highest BCUT2D eigenvalue weighted by molar-refractivity contribution is 9.10. The van der Waals surface area contributed by atoms with Gasteiger partial charge in [0.1, 0.15) is 0 Å². The van der Waals surface area contributed by atoms with Crippen LogP contribution in [0.15, 0.2) is 16.6 Å². The van der Waals surface area contributed by atoms with Crippen molar-refractivity contribution < 1.29 is 14.8 Å². The van der Waals surface area contributed by atoms with Crippen molar-refractivity contribution in [3.63, 3.8) is 0 Å². The lowest BCUT2D eigenvalue weighted by Crippen LogP contribution is -2.03. The van der Waals surface area contributed by atoms with Crippen LogP contribution in [0.2, 0.25) is 0 Å². The summed E-state index contributed by atoms with van der Waals surface area (Å²) in [7, 11) is 0. The van der Waals surface area contributed by atoms with Gasteiger partial charge in [-0.05, 0) is 22.0 Å². The molecule has 0 aliphatic carbocycles. The molecule has 0 fully saturated rings. The third-order valence-corrected chi connectivity index (χ3v) is 2.18. The summed E-state index contributed by atoms with van der Waals surface area (Å²) in [5, 5.41) is 19.1. The molecule has 0 spiro atoms. The molecule has 7 heteroatoms. The third-order valence-electron chi connectivity index (χ3n) is 1.55. The van der Waals surface area contributed by atoms with Gasteiger partial charge >= 0.3 is 5.97 Å². The summed E-state index contributed by atoms with van der Waals surface area (Å²) in [5.74, 6) is -1.22. The van der Waals surface area contributed by atoms with Crippen molar-refractivity contribution in [3.05, 3.63) is 32.3 Å². The fraction of sp³-hybridized carbons (Fsp3) is 0. The Labute approximate surface area is 86.6 Å². The summed E-state index contributed by atoms with van der Waals surface area (Å²) >= 11 is 2.89. The Morgan fingerprint density at radius 3 is 2.57 bits per heavy atom. The fourth-order valence-electron chi connectivity index (χ4n) is 0.903. The number of nitro groups is 1. The molecule has 1 rings (SSSR count). The van der Waals surface area contributed by atoms with Crippen molar-refractivity contribution in [2.75, 3.05) is 5.73 Å². The molecule has 0 radical (unpaired) electrons. The van der Waals surface area contributed by atoms with E-state index in [0.717, 1.165) is 12.1 Å². The average Bonchev–Trinajstić information content (AvgIpc) is 2.07. The second-order valence-electron chi connectivity index (χ2n) is 2.45. The molecule has 74 valence electrons. The Hall–Kier alpha value is -1.63. The van der Waals surface area contributed by atoms with Gasteiger partial charge < -0.3 is 10.8 Å². The van der Waals surface area contributed by atoms with Gasteiger partial charge in [0.15, 0.2) is 0 Å². The first-order valence-corrected chi connectivity index (χ1v) is 4.19. The first-order valence-electron chi connectivity index (χ1n) is 3.40. The number of anilines is 1. The molecule has 0 atom stereocenters. The highest BCUT2D eigenvalue weighted by Gasteiger charge is 2.18. The molecule has 0 aliphatic rings. The number of hydrogen-bond donors (Lipinski definition) is 2. The smallest absolute Gasteiger partial charge is 0.337 e. The summed E-state index contributed by atoms with van der Waals surface area (Å²) in [6, 6.07) is 2.11. The minimum atomic E-state index is -1.22. The van der Waals surface area contributed by atoms with Crippen molar-refractivity contribution in [2.45, 2.75) is 0 Å². The molecule has 6 nitrogen and oxygen atoms in total. The highest BCUT2D eigenvalue weighted by Crippen LogP contribution is 2.29. The SMILES string of the molecule is Nc1cc([N+](=O)[O-])c(Br)cc1C(=O)O. The third kappa shape index (κ3) is 1.82. The number of benzene rings is 1. The fourth-order valence-corrected chi connectivity index (χ4v) is 1.39. The Morgan fingerprint density at radius 2 is 2.14 bits per heavy atom. The van der Waals surface area contributed by atoms with Gasteiger partial charge in [-0.25, -0.2) is 4.79 Å². The van der Waals surface area contributed by atoms with Crippen LogP contribution >= 0.6 is 15.9 Å². The van der Waals surface area contributed by atoms with Gasteiger partial charge in [0.25, 0.3) is 5.69 Å². The molecule has 1 aromatic carbocycles. The number of aromatic carboxylic acids is 1. The largest absolute Gasteiger partial charge is 0.478 e. The van der Waals surface area contributed by atoms with Crippen LogP contribution in [0.4, 0.5) is 11.4 Å². The van der Waals surface area contributed by atoms with Crippen molar-refractivity contribution in [1.29, 1.82) is 0 Å². The van der Waals surface area contributed by atoms with E-state index < -0.39 is 10.9 Å². The number of carboxylic acids is 1. The number of nitrogens with two attached hydrogens (primary N) is 1. The van der Waals surface area contributed by atoms with Crippen molar-refractivity contribution in [3.8, 4) is 0 Å². The first-order chi connectivity index (χ1) is 6.43. The van der Waals surface area contributed by atoms with E-state index in [2.05, 4.69) is 15.9 Å². The van der Waals surface area contributed by atoms with Crippen molar-refractivity contribution in [1.82, 2.24) is 0 Å². The van der Waals surface area contributed by atoms with E-state index in [1.807, 2.05) is 0 Å². The van der Waals surface area contributed by atoms with E-state index in [-0.39, 0.29) is 21.4 Å². The number of nitrogens with zero attached hydrogens (tertiary/aromatic N) is 1. The Bertz CT molecular complexity index is 379. The van der Waals surface area contributed by atoms with Crippen molar-refractivity contribution >= 4 is 33.3 Å². The van der Waals surface area contributed by atoms with E-state index in [9.17, 15) is 14.9 Å². The summed E-state index contributed by atoms with van der Waals surface area (Å²) in [6.07, 6.45) is 0. The maximum atomic E-state index is 10.6. The van der Waals surface area contributed by atoms with Crippen LogP contribution < -0.4 is 5.73 Å². The average molecular weight is 261 g/mol. The lowest BCUT2D eigenvalue weighted by Gasteiger charge is -2.01. The molecule has 0 unspecified atom stereocenters. The van der Waals surface area contributed by atoms with E-state index in [1.54, 1.807) is 0 Å². The number of halogens is 1. The van der Waals surface area contributed by atoms with Gasteiger partial charge in [-0.15, -0.1) is 0 Å². The molecule has 0 saturated carbocycles. The second-order valence-corrected chi connectivity index (χ2v) is 3.31. The molecule has 0 bridgehead atoms. The quantitative estimate of drug-likeness (QED) is 0.478. The van der Waals surface area contributed by atoms with Gasteiger partial charge in [-0.3, -0.25) is 10.1 Å². The maximum absolute atomic E-state index is 10.6. The zero-order valence-electron chi connectivity index (χ0n) is 6.73. The highest BCUT2D eigenvalue weighted by atomic mass is 79.9. The monoisotopic (exact) mass is 260 g/mol. The van der Waals surface area contributed by atoms with Crippen LogP contribution in [0.5, 0.6) is 0 Å². The normalized spacial score (nSPS) is 9.79. The topological polar surface area (TPSA) is 106 Å². The Kier molecular flexibility index (Phi) is 2.70. The molecule has 1 aromatic rings. The van der Waals surface area contributed by atoms with Crippen LogP contribution in [0.25, 0.3) is 0 Å². The number of hydrogen-bond acceptors (Lipinski definition) is 4. The molecule has 0 amide bonds. The number of carbonyl (C=O) groups is 1. The molecular formula is C7H5BrN2O4. The van der Waals surface area contributed by atoms with Crippen LogP contribution in [-0.4, -0.2) is 16.0 Å². The van der Waals surface area contributed by atoms with E-state index in [0.29, 0.717) is 0 Å². The van der Waals surface area contributed by atoms with E-state index in [4.69, 9.17) is 10.8 Å². The zero-order chi connectivity index (χ0) is 10.9. The minimum Gasteiger partial charge on any atom is -0.478 e. The minimum absolute atomic E-state index is 0.0918. The lowest BCUT2D eigenvalue weighted by atomic mass is 10.1. The maximum Gasteiger partial charge on any atom is 0.337 e. The van der Waals surface area contributed by atoms with Crippen LogP contribution in [0.1, 0.15) is 10.4 Å².